The number of carbonyl (C=O) groups is 1. The van der Waals surface area contributed by atoms with E-state index < -0.39 is 6.04 Å². The standard InChI is InChI=1S/C9H16N4O/c1-4-7-5-8(13(3)12-7)11-9(14)6(2)10/h5-6H,4,10H2,1-3H3,(H,11,14)/t6-/m1/s1. The topological polar surface area (TPSA) is 72.9 Å². The number of nitrogens with zero attached hydrogens (tertiary/aromatic N) is 2. The Kier molecular flexibility index (Phi) is 3.24. The van der Waals surface area contributed by atoms with Crippen molar-refractivity contribution in [3.63, 3.8) is 0 Å². The molecule has 1 heterocycles. The van der Waals surface area contributed by atoms with Gasteiger partial charge in [-0.2, -0.15) is 5.10 Å². The van der Waals surface area contributed by atoms with Gasteiger partial charge in [0.15, 0.2) is 0 Å². The first kappa shape index (κ1) is 10.7. The highest BCUT2D eigenvalue weighted by Crippen LogP contribution is 2.09. The number of aryl methyl sites for hydroxylation is 2. The van der Waals surface area contributed by atoms with Crippen molar-refractivity contribution in [1.82, 2.24) is 9.78 Å². The van der Waals surface area contributed by atoms with Crippen molar-refractivity contribution in [2.75, 3.05) is 5.32 Å². The SMILES string of the molecule is CCc1cc(NC(=O)[C@@H](C)N)n(C)n1. The van der Waals surface area contributed by atoms with Crippen molar-refractivity contribution in [3.05, 3.63) is 11.8 Å². The molecule has 0 aromatic carbocycles. The molecule has 0 aliphatic heterocycles. The number of aromatic nitrogens is 2. The number of carbonyl (C=O) groups excluding carboxylic acids is 1. The van der Waals surface area contributed by atoms with Gasteiger partial charge in [0.05, 0.1) is 11.7 Å². The summed E-state index contributed by atoms with van der Waals surface area (Å²) in [5, 5.41) is 6.90. The maximum absolute atomic E-state index is 11.3. The Hall–Kier alpha value is -1.36. The number of nitrogens with two attached hydrogens (primary N) is 1. The highest BCUT2D eigenvalue weighted by Gasteiger charge is 2.10. The van der Waals surface area contributed by atoms with Gasteiger partial charge in [-0.1, -0.05) is 6.92 Å². The Morgan fingerprint density at radius 3 is 2.86 bits per heavy atom. The average molecular weight is 196 g/mol. The van der Waals surface area contributed by atoms with Crippen LogP contribution in [0.1, 0.15) is 19.5 Å². The number of nitrogens with one attached hydrogen (secondary N) is 1. The molecule has 0 unspecified atom stereocenters. The van der Waals surface area contributed by atoms with Crippen molar-refractivity contribution < 1.29 is 4.79 Å². The molecule has 5 nitrogen and oxygen atoms in total. The quantitative estimate of drug-likeness (QED) is 0.728. The average Bonchev–Trinajstić information content (AvgIpc) is 2.47. The summed E-state index contributed by atoms with van der Waals surface area (Å²) in [6, 6.07) is 1.34. The second-order valence-corrected chi connectivity index (χ2v) is 3.28. The largest absolute Gasteiger partial charge is 0.320 e. The van der Waals surface area contributed by atoms with E-state index in [4.69, 9.17) is 5.73 Å². The van der Waals surface area contributed by atoms with E-state index >= 15 is 0 Å². The molecular weight excluding hydrogens is 180 g/mol. The van der Waals surface area contributed by atoms with Crippen LogP contribution in [0.2, 0.25) is 0 Å². The van der Waals surface area contributed by atoms with Crippen LogP contribution < -0.4 is 11.1 Å². The summed E-state index contributed by atoms with van der Waals surface area (Å²) in [7, 11) is 1.79. The van der Waals surface area contributed by atoms with Crippen molar-refractivity contribution >= 4 is 11.7 Å². The molecule has 0 spiro atoms. The van der Waals surface area contributed by atoms with Crippen molar-refractivity contribution in [2.24, 2.45) is 12.8 Å². The van der Waals surface area contributed by atoms with Crippen molar-refractivity contribution in [3.8, 4) is 0 Å². The Morgan fingerprint density at radius 1 is 1.79 bits per heavy atom. The summed E-state index contributed by atoms with van der Waals surface area (Å²) in [6.45, 7) is 3.66. The van der Waals surface area contributed by atoms with Crippen LogP contribution in [0.3, 0.4) is 0 Å². The fourth-order valence-corrected chi connectivity index (χ4v) is 1.06. The molecule has 0 bridgehead atoms. The van der Waals surface area contributed by atoms with Gasteiger partial charge < -0.3 is 11.1 Å². The van der Waals surface area contributed by atoms with E-state index in [9.17, 15) is 4.79 Å². The Balaban J connectivity index is 2.76. The zero-order chi connectivity index (χ0) is 10.7. The predicted molar refractivity (Wildman–Crippen MR) is 54.9 cm³/mol. The molecular formula is C9H16N4O. The van der Waals surface area contributed by atoms with Gasteiger partial charge in [-0.25, -0.2) is 0 Å². The predicted octanol–water partition coefficient (Wildman–Crippen LogP) is 0.268. The molecule has 0 aliphatic rings. The minimum absolute atomic E-state index is 0.198. The third-order valence-electron chi connectivity index (χ3n) is 1.96. The lowest BCUT2D eigenvalue weighted by Crippen LogP contribution is -2.33. The van der Waals surface area contributed by atoms with E-state index in [2.05, 4.69) is 10.4 Å². The third kappa shape index (κ3) is 2.32. The summed E-state index contributed by atoms with van der Waals surface area (Å²) in [5.41, 5.74) is 6.38. The van der Waals surface area contributed by atoms with E-state index in [0.717, 1.165) is 12.1 Å². The van der Waals surface area contributed by atoms with Crippen LogP contribution in [0.5, 0.6) is 0 Å². The van der Waals surface area contributed by atoms with Gasteiger partial charge in [0.1, 0.15) is 5.82 Å². The maximum atomic E-state index is 11.3. The minimum Gasteiger partial charge on any atom is -0.320 e. The summed E-state index contributed by atoms with van der Waals surface area (Å²) in [6.07, 6.45) is 0.849. The molecule has 0 aliphatic carbocycles. The minimum atomic E-state index is -0.505. The number of hydrogen-bond acceptors (Lipinski definition) is 3. The molecule has 3 N–H and O–H groups in total. The lowest BCUT2D eigenvalue weighted by Gasteiger charge is -2.06. The number of rotatable bonds is 3. The van der Waals surface area contributed by atoms with Crippen LogP contribution in [-0.2, 0) is 18.3 Å². The first-order chi connectivity index (χ1) is 6.54. The van der Waals surface area contributed by atoms with Gasteiger partial charge in [0.2, 0.25) is 5.91 Å². The van der Waals surface area contributed by atoms with E-state index in [1.807, 2.05) is 13.0 Å². The van der Waals surface area contributed by atoms with E-state index in [1.165, 1.54) is 0 Å². The Labute approximate surface area is 83.3 Å². The van der Waals surface area contributed by atoms with Gasteiger partial charge in [-0.05, 0) is 13.3 Å². The van der Waals surface area contributed by atoms with Crippen LogP contribution in [-0.4, -0.2) is 21.7 Å². The number of anilines is 1. The van der Waals surface area contributed by atoms with Gasteiger partial charge in [0.25, 0.3) is 0 Å². The van der Waals surface area contributed by atoms with E-state index in [-0.39, 0.29) is 5.91 Å². The normalized spacial score (nSPS) is 12.6. The molecule has 1 amide bonds. The molecule has 0 radical (unpaired) electrons. The zero-order valence-corrected chi connectivity index (χ0v) is 8.74. The number of hydrogen-bond donors (Lipinski definition) is 2. The molecule has 78 valence electrons. The maximum Gasteiger partial charge on any atom is 0.242 e. The van der Waals surface area contributed by atoms with E-state index in [1.54, 1.807) is 18.7 Å². The lowest BCUT2D eigenvalue weighted by atomic mass is 10.3. The summed E-state index contributed by atoms with van der Waals surface area (Å²) in [4.78, 5) is 11.3. The summed E-state index contributed by atoms with van der Waals surface area (Å²) >= 11 is 0. The van der Waals surface area contributed by atoms with Crippen LogP contribution in [0, 0.1) is 0 Å². The zero-order valence-electron chi connectivity index (χ0n) is 8.74. The molecule has 5 heteroatoms. The van der Waals surface area contributed by atoms with Gasteiger partial charge in [-0.15, -0.1) is 0 Å². The fourth-order valence-electron chi connectivity index (χ4n) is 1.06. The van der Waals surface area contributed by atoms with Gasteiger partial charge in [-0.3, -0.25) is 9.48 Å². The van der Waals surface area contributed by atoms with Crippen LogP contribution in [0.15, 0.2) is 6.07 Å². The van der Waals surface area contributed by atoms with Crippen LogP contribution in [0.4, 0.5) is 5.82 Å². The smallest absolute Gasteiger partial charge is 0.242 e. The van der Waals surface area contributed by atoms with Crippen LogP contribution in [0.25, 0.3) is 0 Å². The van der Waals surface area contributed by atoms with Crippen LogP contribution >= 0.6 is 0 Å². The van der Waals surface area contributed by atoms with E-state index in [0.29, 0.717) is 5.82 Å². The fraction of sp³-hybridized carbons (Fsp3) is 0.556. The Morgan fingerprint density at radius 2 is 2.43 bits per heavy atom. The third-order valence-corrected chi connectivity index (χ3v) is 1.96. The molecule has 0 fully saturated rings. The Bertz CT molecular complexity index is 330. The first-order valence-corrected chi connectivity index (χ1v) is 4.64. The molecule has 0 saturated heterocycles. The first-order valence-electron chi connectivity index (χ1n) is 4.64. The highest BCUT2D eigenvalue weighted by atomic mass is 16.2. The molecule has 1 aromatic heterocycles. The molecule has 1 rings (SSSR count). The molecule has 1 aromatic rings. The van der Waals surface area contributed by atoms with Crippen molar-refractivity contribution in [2.45, 2.75) is 26.3 Å². The monoisotopic (exact) mass is 196 g/mol. The highest BCUT2D eigenvalue weighted by molar-refractivity contribution is 5.93. The van der Waals surface area contributed by atoms with Gasteiger partial charge in [0, 0.05) is 13.1 Å². The number of amides is 1. The summed E-state index contributed by atoms with van der Waals surface area (Å²) < 4.78 is 1.64. The van der Waals surface area contributed by atoms with Gasteiger partial charge >= 0.3 is 0 Å². The second kappa shape index (κ2) is 4.23. The molecule has 0 saturated carbocycles. The molecule has 14 heavy (non-hydrogen) atoms. The second-order valence-electron chi connectivity index (χ2n) is 3.28. The summed E-state index contributed by atoms with van der Waals surface area (Å²) in [5.74, 6) is 0.486. The lowest BCUT2D eigenvalue weighted by molar-refractivity contribution is -0.117. The molecule has 1 atom stereocenters. The van der Waals surface area contributed by atoms with Crippen molar-refractivity contribution in [1.29, 1.82) is 0 Å².